The Morgan fingerprint density at radius 2 is 2.08 bits per heavy atom. The van der Waals surface area contributed by atoms with Gasteiger partial charge < -0.3 is 0 Å². The third kappa shape index (κ3) is 1.87. The second kappa shape index (κ2) is 3.86. The molecule has 0 N–H and O–H groups in total. The minimum Gasteiger partial charge on any atom is -0.243 e. The predicted octanol–water partition coefficient (Wildman–Crippen LogP) is 3.20. The van der Waals surface area contributed by atoms with Crippen LogP contribution in [0, 0.1) is 11.3 Å². The molecule has 0 spiro atoms. The molecular formula is C7H2Cl2F2N2. The van der Waals surface area contributed by atoms with Crippen LogP contribution in [0.25, 0.3) is 0 Å². The van der Waals surface area contributed by atoms with Crippen LogP contribution in [0.15, 0.2) is 6.20 Å². The van der Waals surface area contributed by atoms with E-state index in [-0.39, 0.29) is 10.0 Å². The highest BCUT2D eigenvalue weighted by Gasteiger charge is 2.20. The fourth-order valence-corrected chi connectivity index (χ4v) is 1.14. The van der Waals surface area contributed by atoms with Crippen molar-refractivity contribution in [2.24, 2.45) is 0 Å². The Bertz CT molecular complexity index is 373. The topological polar surface area (TPSA) is 36.7 Å². The Kier molecular flexibility index (Phi) is 3.02. The molecule has 0 aromatic carbocycles. The first kappa shape index (κ1) is 10.2. The van der Waals surface area contributed by atoms with E-state index >= 15 is 0 Å². The molecule has 0 amide bonds. The van der Waals surface area contributed by atoms with Crippen LogP contribution < -0.4 is 0 Å². The molecule has 0 aliphatic rings. The van der Waals surface area contributed by atoms with E-state index in [1.807, 2.05) is 0 Å². The third-order valence-electron chi connectivity index (χ3n) is 1.33. The normalized spacial score (nSPS) is 10.2. The van der Waals surface area contributed by atoms with Crippen LogP contribution in [0.4, 0.5) is 8.78 Å². The van der Waals surface area contributed by atoms with Crippen LogP contribution in [0.3, 0.4) is 0 Å². The van der Waals surface area contributed by atoms with Gasteiger partial charge in [-0.1, -0.05) is 23.2 Å². The highest BCUT2D eigenvalue weighted by Crippen LogP contribution is 2.33. The van der Waals surface area contributed by atoms with Crippen molar-refractivity contribution in [3.05, 3.63) is 27.5 Å². The van der Waals surface area contributed by atoms with Gasteiger partial charge in [-0.05, 0) is 0 Å². The Labute approximate surface area is 82.7 Å². The number of aromatic nitrogens is 1. The summed E-state index contributed by atoms with van der Waals surface area (Å²) in [5, 5.41) is 8.03. The van der Waals surface area contributed by atoms with E-state index in [4.69, 9.17) is 28.5 Å². The van der Waals surface area contributed by atoms with Crippen molar-refractivity contribution in [1.82, 2.24) is 4.98 Å². The van der Waals surface area contributed by atoms with Gasteiger partial charge in [0.15, 0.2) is 5.69 Å². The molecule has 1 heterocycles. The molecule has 0 saturated carbocycles. The number of halogens is 4. The lowest BCUT2D eigenvalue weighted by atomic mass is 10.2. The maximum absolute atomic E-state index is 12.3. The smallest absolute Gasteiger partial charge is 0.243 e. The van der Waals surface area contributed by atoms with Gasteiger partial charge in [-0.25, -0.2) is 13.8 Å². The van der Waals surface area contributed by atoms with Crippen molar-refractivity contribution in [2.45, 2.75) is 6.43 Å². The molecule has 0 radical (unpaired) electrons. The zero-order valence-electron chi connectivity index (χ0n) is 6.06. The van der Waals surface area contributed by atoms with E-state index in [1.165, 1.54) is 6.07 Å². The molecular weight excluding hydrogens is 221 g/mol. The summed E-state index contributed by atoms with van der Waals surface area (Å²) in [6.07, 6.45) is -1.79. The van der Waals surface area contributed by atoms with Gasteiger partial charge in [0.2, 0.25) is 0 Å². The molecule has 1 aromatic rings. The number of alkyl halides is 2. The molecule has 0 aliphatic carbocycles. The average Bonchev–Trinajstić information content (AvgIpc) is 2.08. The molecule has 6 heteroatoms. The summed E-state index contributed by atoms with van der Waals surface area (Å²) in [4.78, 5) is 3.42. The zero-order valence-corrected chi connectivity index (χ0v) is 7.57. The molecule has 68 valence electrons. The standard InChI is InChI=1S/C7H2Cl2F2N2/c8-3-2-13-4(1-12)5(6(3)9)7(10)11/h2,7H. The van der Waals surface area contributed by atoms with Crippen molar-refractivity contribution in [2.75, 3.05) is 0 Å². The van der Waals surface area contributed by atoms with Crippen molar-refractivity contribution in [3.63, 3.8) is 0 Å². The second-order valence-electron chi connectivity index (χ2n) is 2.09. The number of nitriles is 1. The molecule has 0 bridgehead atoms. The summed E-state index contributed by atoms with van der Waals surface area (Å²) in [7, 11) is 0. The third-order valence-corrected chi connectivity index (χ3v) is 2.12. The molecule has 0 atom stereocenters. The van der Waals surface area contributed by atoms with Crippen molar-refractivity contribution >= 4 is 23.2 Å². The van der Waals surface area contributed by atoms with E-state index in [2.05, 4.69) is 4.98 Å². The summed E-state index contributed by atoms with van der Waals surface area (Å²) in [5.41, 5.74) is -1.01. The molecule has 13 heavy (non-hydrogen) atoms. The van der Waals surface area contributed by atoms with Crippen LogP contribution in [0.1, 0.15) is 17.7 Å². The summed E-state index contributed by atoms with van der Waals surface area (Å²) >= 11 is 10.9. The highest BCUT2D eigenvalue weighted by atomic mass is 35.5. The number of pyridine rings is 1. The van der Waals surface area contributed by atoms with Gasteiger partial charge >= 0.3 is 0 Å². The van der Waals surface area contributed by atoms with Gasteiger partial charge in [-0.3, -0.25) is 0 Å². The van der Waals surface area contributed by atoms with Crippen LogP contribution >= 0.6 is 23.2 Å². The van der Waals surface area contributed by atoms with Crippen LogP contribution in [0.5, 0.6) is 0 Å². The Morgan fingerprint density at radius 1 is 1.46 bits per heavy atom. The van der Waals surface area contributed by atoms with Gasteiger partial charge in [0.05, 0.1) is 15.6 Å². The molecule has 0 saturated heterocycles. The first-order chi connectivity index (χ1) is 6.07. The van der Waals surface area contributed by atoms with Crippen molar-refractivity contribution in [1.29, 1.82) is 5.26 Å². The van der Waals surface area contributed by atoms with E-state index in [0.717, 1.165) is 6.20 Å². The maximum atomic E-state index is 12.3. The molecule has 0 aliphatic heterocycles. The SMILES string of the molecule is N#Cc1ncc(Cl)c(Cl)c1C(F)F. The Balaban J connectivity index is 3.43. The molecule has 0 fully saturated rings. The lowest BCUT2D eigenvalue weighted by molar-refractivity contribution is 0.150. The molecule has 1 rings (SSSR count). The number of rotatable bonds is 1. The summed E-state index contributed by atoms with van der Waals surface area (Å²) in [6.45, 7) is 0. The minimum atomic E-state index is -2.85. The lowest BCUT2D eigenvalue weighted by Crippen LogP contribution is -1.95. The second-order valence-corrected chi connectivity index (χ2v) is 2.88. The van der Waals surface area contributed by atoms with Crippen molar-refractivity contribution in [3.8, 4) is 6.07 Å². The largest absolute Gasteiger partial charge is 0.268 e. The fourth-order valence-electron chi connectivity index (χ4n) is 0.768. The van der Waals surface area contributed by atoms with Crippen LogP contribution in [-0.2, 0) is 0 Å². The quantitative estimate of drug-likeness (QED) is 0.732. The minimum absolute atomic E-state index is 0.0871. The number of hydrogen-bond donors (Lipinski definition) is 0. The fraction of sp³-hybridized carbons (Fsp3) is 0.143. The maximum Gasteiger partial charge on any atom is 0.268 e. The van der Waals surface area contributed by atoms with E-state index in [1.54, 1.807) is 0 Å². The number of hydrogen-bond acceptors (Lipinski definition) is 2. The predicted molar refractivity (Wildman–Crippen MR) is 43.9 cm³/mol. The van der Waals surface area contributed by atoms with Crippen LogP contribution in [-0.4, -0.2) is 4.98 Å². The van der Waals surface area contributed by atoms with Crippen molar-refractivity contribution < 1.29 is 8.78 Å². The monoisotopic (exact) mass is 222 g/mol. The van der Waals surface area contributed by atoms with Gasteiger partial charge in [-0.15, -0.1) is 0 Å². The van der Waals surface area contributed by atoms with Gasteiger partial charge in [0, 0.05) is 6.20 Å². The Hall–Kier alpha value is -0.920. The van der Waals surface area contributed by atoms with E-state index in [0.29, 0.717) is 0 Å². The molecule has 0 unspecified atom stereocenters. The number of nitrogens with zero attached hydrogens (tertiary/aromatic N) is 2. The first-order valence-electron chi connectivity index (χ1n) is 3.10. The average molecular weight is 223 g/mol. The van der Waals surface area contributed by atoms with Gasteiger partial charge in [-0.2, -0.15) is 5.26 Å². The first-order valence-corrected chi connectivity index (χ1v) is 3.85. The highest BCUT2D eigenvalue weighted by molar-refractivity contribution is 6.42. The zero-order chi connectivity index (χ0) is 10.0. The molecule has 2 nitrogen and oxygen atoms in total. The van der Waals surface area contributed by atoms with Gasteiger partial charge in [0.25, 0.3) is 6.43 Å². The van der Waals surface area contributed by atoms with E-state index < -0.39 is 17.7 Å². The molecule has 1 aromatic heterocycles. The summed E-state index contributed by atoms with van der Waals surface area (Å²) in [5.74, 6) is 0. The van der Waals surface area contributed by atoms with E-state index in [9.17, 15) is 8.78 Å². The van der Waals surface area contributed by atoms with Gasteiger partial charge in [0.1, 0.15) is 6.07 Å². The Morgan fingerprint density at radius 3 is 2.54 bits per heavy atom. The summed E-state index contributed by atoms with van der Waals surface area (Å²) in [6, 6.07) is 1.51. The summed E-state index contributed by atoms with van der Waals surface area (Å²) < 4.78 is 24.6. The van der Waals surface area contributed by atoms with Crippen LogP contribution in [0.2, 0.25) is 10.0 Å². The lowest BCUT2D eigenvalue weighted by Gasteiger charge is -2.04.